The van der Waals surface area contributed by atoms with Crippen molar-refractivity contribution in [2.45, 2.75) is 32.7 Å². The van der Waals surface area contributed by atoms with Gasteiger partial charge in [0.25, 0.3) is 0 Å². The van der Waals surface area contributed by atoms with Crippen molar-refractivity contribution in [3.63, 3.8) is 0 Å². The van der Waals surface area contributed by atoms with Crippen LogP contribution in [0.1, 0.15) is 38.6 Å². The fourth-order valence-electron chi connectivity index (χ4n) is 2.64. The number of nitrogens with one attached hydrogen (secondary N) is 1. The Labute approximate surface area is 125 Å². The Kier molecular flexibility index (Phi) is 4.65. The number of rotatable bonds is 4. The van der Waals surface area contributed by atoms with E-state index in [-0.39, 0.29) is 29.7 Å². The maximum atomic E-state index is 12.5. The van der Waals surface area contributed by atoms with Gasteiger partial charge in [-0.05, 0) is 12.3 Å². The van der Waals surface area contributed by atoms with Gasteiger partial charge in [0.2, 0.25) is 11.8 Å². The van der Waals surface area contributed by atoms with Crippen molar-refractivity contribution in [3.05, 3.63) is 18.2 Å². The fraction of sp³-hybridized carbons (Fsp3) is 0.667. The molecule has 1 fully saturated rings. The summed E-state index contributed by atoms with van der Waals surface area (Å²) in [5.41, 5.74) is 0. The third kappa shape index (κ3) is 3.43. The lowest BCUT2D eigenvalue weighted by Crippen LogP contribution is -2.44. The van der Waals surface area contributed by atoms with Crippen LogP contribution in [0.5, 0.6) is 0 Å². The molecule has 2 heterocycles. The molecule has 0 saturated carbocycles. The summed E-state index contributed by atoms with van der Waals surface area (Å²) < 4.78 is 1.92. The molecule has 0 aromatic carbocycles. The molecule has 0 bridgehead atoms. The minimum absolute atomic E-state index is 0.0412. The molecular weight excluding hydrogens is 268 g/mol. The predicted octanol–water partition coefficient (Wildman–Crippen LogP) is 1.10. The number of amides is 2. The van der Waals surface area contributed by atoms with Crippen LogP contribution in [-0.2, 0) is 16.6 Å². The molecule has 0 radical (unpaired) electrons. The van der Waals surface area contributed by atoms with Crippen molar-refractivity contribution in [3.8, 4) is 0 Å². The Hall–Kier alpha value is -1.85. The van der Waals surface area contributed by atoms with E-state index in [4.69, 9.17) is 0 Å². The van der Waals surface area contributed by atoms with Gasteiger partial charge in [-0.25, -0.2) is 4.98 Å². The number of carbonyl (C=O) groups excluding carboxylic acids is 2. The van der Waals surface area contributed by atoms with Gasteiger partial charge >= 0.3 is 0 Å². The van der Waals surface area contributed by atoms with Crippen molar-refractivity contribution in [2.75, 3.05) is 13.6 Å². The third-order valence-corrected chi connectivity index (χ3v) is 4.13. The maximum absolute atomic E-state index is 12.5. The Morgan fingerprint density at radius 2 is 2.14 bits per heavy atom. The van der Waals surface area contributed by atoms with Gasteiger partial charge in [-0.3, -0.25) is 9.59 Å². The van der Waals surface area contributed by atoms with Gasteiger partial charge in [-0.15, -0.1) is 0 Å². The first-order valence-electron chi connectivity index (χ1n) is 7.41. The standard InChI is InChI=1S/C15H24N4O2/c1-10(2)13(14-16-6-8-19(14)4)17-15(21)11-5-7-18(3)12(20)9-11/h6,8,10-11,13H,5,7,9H2,1-4H3,(H,17,21)/t11-,13-/m1/s1. The largest absolute Gasteiger partial charge is 0.346 e. The molecule has 1 aliphatic heterocycles. The van der Waals surface area contributed by atoms with Crippen molar-refractivity contribution < 1.29 is 9.59 Å². The molecule has 0 unspecified atom stereocenters. The number of imidazole rings is 1. The fourth-order valence-corrected chi connectivity index (χ4v) is 2.64. The number of carbonyl (C=O) groups is 2. The second-order valence-corrected chi connectivity index (χ2v) is 6.13. The molecule has 1 aromatic rings. The Balaban J connectivity index is 2.06. The minimum Gasteiger partial charge on any atom is -0.346 e. The number of likely N-dealkylation sites (tertiary alicyclic amines) is 1. The molecule has 2 rings (SSSR count). The molecular formula is C15H24N4O2. The highest BCUT2D eigenvalue weighted by molar-refractivity contribution is 5.87. The first kappa shape index (κ1) is 15.5. The molecule has 0 aliphatic carbocycles. The monoisotopic (exact) mass is 292 g/mol. The molecule has 6 heteroatoms. The van der Waals surface area contributed by atoms with Gasteiger partial charge in [0.15, 0.2) is 0 Å². The number of nitrogens with zero attached hydrogens (tertiary/aromatic N) is 3. The number of hydrogen-bond acceptors (Lipinski definition) is 3. The quantitative estimate of drug-likeness (QED) is 0.903. The van der Waals surface area contributed by atoms with Gasteiger partial charge in [-0.2, -0.15) is 0 Å². The van der Waals surface area contributed by atoms with Crippen LogP contribution in [0.4, 0.5) is 0 Å². The lowest BCUT2D eigenvalue weighted by atomic mass is 9.94. The lowest BCUT2D eigenvalue weighted by molar-refractivity contribution is -0.139. The van der Waals surface area contributed by atoms with E-state index in [2.05, 4.69) is 24.1 Å². The van der Waals surface area contributed by atoms with E-state index in [0.717, 1.165) is 12.2 Å². The number of piperidine rings is 1. The molecule has 1 N–H and O–H groups in total. The first-order valence-corrected chi connectivity index (χ1v) is 7.41. The van der Waals surface area contributed by atoms with Gasteiger partial charge in [0.05, 0.1) is 6.04 Å². The summed E-state index contributed by atoms with van der Waals surface area (Å²) in [5.74, 6) is 0.850. The van der Waals surface area contributed by atoms with E-state index in [1.165, 1.54) is 0 Å². The van der Waals surface area contributed by atoms with E-state index < -0.39 is 0 Å². The summed E-state index contributed by atoms with van der Waals surface area (Å²) in [6.07, 6.45) is 4.62. The molecule has 2 amide bonds. The van der Waals surface area contributed by atoms with Crippen LogP contribution in [0.2, 0.25) is 0 Å². The Bertz CT molecular complexity index is 523. The minimum atomic E-state index is -0.227. The maximum Gasteiger partial charge on any atom is 0.224 e. The summed E-state index contributed by atoms with van der Waals surface area (Å²) in [5, 5.41) is 3.07. The Morgan fingerprint density at radius 1 is 1.43 bits per heavy atom. The first-order chi connectivity index (χ1) is 9.90. The highest BCUT2D eigenvalue weighted by atomic mass is 16.2. The van der Waals surface area contributed by atoms with Crippen molar-refractivity contribution in [2.24, 2.45) is 18.9 Å². The van der Waals surface area contributed by atoms with E-state index in [1.54, 1.807) is 18.1 Å². The molecule has 21 heavy (non-hydrogen) atoms. The number of hydrogen-bond donors (Lipinski definition) is 1. The second-order valence-electron chi connectivity index (χ2n) is 6.13. The van der Waals surface area contributed by atoms with Crippen LogP contribution < -0.4 is 5.32 Å². The van der Waals surface area contributed by atoms with E-state index in [0.29, 0.717) is 13.0 Å². The van der Waals surface area contributed by atoms with Gasteiger partial charge in [-0.1, -0.05) is 13.8 Å². The Morgan fingerprint density at radius 3 is 2.67 bits per heavy atom. The zero-order valence-electron chi connectivity index (χ0n) is 13.2. The van der Waals surface area contributed by atoms with Gasteiger partial charge in [0, 0.05) is 45.4 Å². The topological polar surface area (TPSA) is 67.2 Å². The van der Waals surface area contributed by atoms with Gasteiger partial charge < -0.3 is 14.8 Å². The normalized spacial score (nSPS) is 20.7. The smallest absolute Gasteiger partial charge is 0.224 e. The van der Waals surface area contributed by atoms with Crippen molar-refractivity contribution >= 4 is 11.8 Å². The average Bonchev–Trinajstić information content (AvgIpc) is 2.84. The van der Waals surface area contributed by atoms with Crippen molar-refractivity contribution in [1.82, 2.24) is 19.8 Å². The highest BCUT2D eigenvalue weighted by Gasteiger charge is 2.31. The summed E-state index contributed by atoms with van der Waals surface area (Å²) in [7, 11) is 3.70. The van der Waals surface area contributed by atoms with Crippen LogP contribution >= 0.6 is 0 Å². The molecule has 6 nitrogen and oxygen atoms in total. The summed E-state index contributed by atoms with van der Waals surface area (Å²) in [4.78, 5) is 30.2. The van der Waals surface area contributed by atoms with Gasteiger partial charge in [0.1, 0.15) is 5.82 Å². The number of aromatic nitrogens is 2. The SMILES string of the molecule is CC(C)[C@@H](NC(=O)[C@@H]1CCN(C)C(=O)C1)c1nccn1C. The predicted molar refractivity (Wildman–Crippen MR) is 79.3 cm³/mol. The van der Waals surface area contributed by atoms with Crippen LogP contribution in [0.15, 0.2) is 12.4 Å². The third-order valence-electron chi connectivity index (χ3n) is 4.13. The van der Waals surface area contributed by atoms with E-state index in [9.17, 15) is 9.59 Å². The van der Waals surface area contributed by atoms with Crippen LogP contribution in [0.25, 0.3) is 0 Å². The molecule has 0 spiro atoms. The summed E-state index contributed by atoms with van der Waals surface area (Å²) in [6.45, 7) is 4.75. The van der Waals surface area contributed by atoms with E-state index >= 15 is 0 Å². The zero-order chi connectivity index (χ0) is 15.6. The van der Waals surface area contributed by atoms with E-state index in [1.807, 2.05) is 17.8 Å². The average molecular weight is 292 g/mol. The molecule has 1 aromatic heterocycles. The lowest BCUT2D eigenvalue weighted by Gasteiger charge is -2.30. The molecule has 116 valence electrons. The van der Waals surface area contributed by atoms with Crippen LogP contribution in [0.3, 0.4) is 0 Å². The molecule has 1 saturated heterocycles. The summed E-state index contributed by atoms with van der Waals surface area (Å²) in [6, 6.07) is -0.132. The number of aryl methyl sites for hydroxylation is 1. The highest BCUT2D eigenvalue weighted by Crippen LogP contribution is 2.23. The van der Waals surface area contributed by atoms with Crippen LogP contribution in [-0.4, -0.2) is 39.9 Å². The molecule has 1 aliphatic rings. The summed E-state index contributed by atoms with van der Waals surface area (Å²) >= 11 is 0. The molecule has 2 atom stereocenters. The van der Waals surface area contributed by atoms with Crippen LogP contribution in [0, 0.1) is 11.8 Å². The zero-order valence-corrected chi connectivity index (χ0v) is 13.2. The second kappa shape index (κ2) is 6.28. The van der Waals surface area contributed by atoms with Crippen molar-refractivity contribution in [1.29, 1.82) is 0 Å².